The molecule has 2 fully saturated rings. The quantitative estimate of drug-likeness (QED) is 0.556. The molecule has 0 aromatic heterocycles. The van der Waals surface area contributed by atoms with Crippen LogP contribution in [0.5, 0.6) is 0 Å². The zero-order chi connectivity index (χ0) is 15.6. The van der Waals surface area contributed by atoms with Gasteiger partial charge in [0.2, 0.25) is 0 Å². The van der Waals surface area contributed by atoms with Crippen LogP contribution >= 0.6 is 24.0 Å². The highest BCUT2D eigenvalue weighted by molar-refractivity contribution is 8.26. The second-order valence-corrected chi connectivity index (χ2v) is 9.11. The number of carbonyl (C=O) groups is 1. The molecular weight excluding hydrogens is 328 g/mol. The third kappa shape index (κ3) is 3.78. The molecule has 21 heavy (non-hydrogen) atoms. The molecule has 0 aromatic carbocycles. The third-order valence-electron chi connectivity index (χ3n) is 3.65. The Balaban J connectivity index is 2.14. The van der Waals surface area contributed by atoms with Crippen molar-refractivity contribution in [3.05, 3.63) is 11.1 Å². The lowest BCUT2D eigenvalue weighted by Crippen LogP contribution is -2.33. The maximum Gasteiger partial charge on any atom is 0.267 e. The van der Waals surface area contributed by atoms with Crippen LogP contribution < -0.4 is 0 Å². The molecule has 2 rings (SSSR count). The summed E-state index contributed by atoms with van der Waals surface area (Å²) >= 11 is 6.54. The van der Waals surface area contributed by atoms with Crippen molar-refractivity contribution in [1.29, 1.82) is 0 Å². The fraction of sp³-hybridized carbons (Fsp3) is 0.692. The lowest BCUT2D eigenvalue weighted by Gasteiger charge is -2.25. The molecule has 0 aromatic rings. The first-order valence-electron chi connectivity index (χ1n) is 7.09. The van der Waals surface area contributed by atoms with E-state index in [1.54, 1.807) is 11.1 Å². The Morgan fingerprint density at radius 1 is 1.48 bits per heavy atom. The summed E-state index contributed by atoms with van der Waals surface area (Å²) in [7, 11) is -2.93. The molecule has 0 bridgehead atoms. The first-order chi connectivity index (χ1) is 9.88. The van der Waals surface area contributed by atoms with Crippen molar-refractivity contribution in [3.8, 4) is 0 Å². The molecule has 2 aliphatic heterocycles. The molecule has 0 aliphatic carbocycles. The molecule has 0 saturated carbocycles. The summed E-state index contributed by atoms with van der Waals surface area (Å²) in [5.41, 5.74) is 0. The van der Waals surface area contributed by atoms with Crippen molar-refractivity contribution in [2.45, 2.75) is 32.7 Å². The van der Waals surface area contributed by atoms with E-state index in [0.717, 1.165) is 6.42 Å². The van der Waals surface area contributed by atoms with Crippen LogP contribution in [0.2, 0.25) is 0 Å². The Morgan fingerprint density at radius 2 is 2.19 bits per heavy atom. The summed E-state index contributed by atoms with van der Waals surface area (Å²) in [5.74, 6) is 0.344. The lowest BCUT2D eigenvalue weighted by molar-refractivity contribution is -0.122. The molecule has 1 atom stereocenters. The maximum atomic E-state index is 12.3. The number of thiocarbonyl (C=S) groups is 1. The Bertz CT molecular complexity index is 571. The maximum absolute atomic E-state index is 12.3. The molecule has 2 aliphatic rings. The molecule has 0 N–H and O–H groups in total. The Labute approximate surface area is 135 Å². The predicted molar refractivity (Wildman–Crippen MR) is 89.7 cm³/mol. The van der Waals surface area contributed by atoms with Crippen molar-refractivity contribution in [2.75, 3.05) is 24.6 Å². The summed E-state index contributed by atoms with van der Waals surface area (Å²) in [6.45, 7) is 5.28. The zero-order valence-electron chi connectivity index (χ0n) is 12.2. The van der Waals surface area contributed by atoms with E-state index in [0.29, 0.717) is 28.7 Å². The van der Waals surface area contributed by atoms with Crippen LogP contribution in [-0.2, 0) is 14.6 Å². The van der Waals surface area contributed by atoms with Gasteiger partial charge in [0.15, 0.2) is 9.84 Å². The minimum absolute atomic E-state index is 0.0327. The molecule has 5 nitrogen and oxygen atoms in total. The molecule has 2 heterocycles. The smallest absolute Gasteiger partial charge is 0.267 e. The van der Waals surface area contributed by atoms with Crippen LogP contribution in [0.4, 0.5) is 0 Å². The third-order valence-corrected chi connectivity index (χ3v) is 6.76. The lowest BCUT2D eigenvalue weighted by atomic mass is 10.2. The second kappa shape index (κ2) is 6.66. The average Bonchev–Trinajstić information content (AvgIpc) is 2.90. The van der Waals surface area contributed by atoms with E-state index in [9.17, 15) is 13.2 Å². The second-order valence-electron chi connectivity index (χ2n) is 5.21. The van der Waals surface area contributed by atoms with Gasteiger partial charge in [0.1, 0.15) is 4.32 Å². The van der Waals surface area contributed by atoms with Crippen molar-refractivity contribution in [3.63, 3.8) is 0 Å². The summed E-state index contributed by atoms with van der Waals surface area (Å²) in [4.78, 5) is 16.5. The van der Waals surface area contributed by atoms with Gasteiger partial charge in [-0.3, -0.25) is 9.69 Å². The molecule has 0 unspecified atom stereocenters. The topological polar surface area (TPSA) is 57.7 Å². The van der Waals surface area contributed by atoms with Crippen molar-refractivity contribution < 1.29 is 13.2 Å². The van der Waals surface area contributed by atoms with Crippen molar-refractivity contribution >= 4 is 44.0 Å². The summed E-state index contributed by atoms with van der Waals surface area (Å²) in [5, 5.41) is 0. The predicted octanol–water partition coefficient (Wildman–Crippen LogP) is 1.61. The largest absolute Gasteiger partial charge is 0.373 e. The van der Waals surface area contributed by atoms with Gasteiger partial charge in [0.05, 0.1) is 16.4 Å². The molecule has 118 valence electrons. The Morgan fingerprint density at radius 3 is 2.71 bits per heavy atom. The monoisotopic (exact) mass is 348 g/mol. The minimum atomic E-state index is -2.93. The molecular formula is C13H20N2O3S3. The van der Waals surface area contributed by atoms with Gasteiger partial charge in [-0.05, 0) is 19.8 Å². The minimum Gasteiger partial charge on any atom is -0.373 e. The van der Waals surface area contributed by atoms with Crippen LogP contribution in [0.15, 0.2) is 11.1 Å². The highest BCUT2D eigenvalue weighted by atomic mass is 32.2. The van der Waals surface area contributed by atoms with Crippen LogP contribution in [-0.4, -0.2) is 59.1 Å². The van der Waals surface area contributed by atoms with E-state index in [-0.39, 0.29) is 23.5 Å². The van der Waals surface area contributed by atoms with Crippen LogP contribution in [0.3, 0.4) is 0 Å². The molecule has 0 radical (unpaired) electrons. The van der Waals surface area contributed by atoms with E-state index in [1.165, 1.54) is 11.8 Å². The van der Waals surface area contributed by atoms with Crippen LogP contribution in [0, 0.1) is 0 Å². The van der Waals surface area contributed by atoms with E-state index in [4.69, 9.17) is 12.2 Å². The normalized spacial score (nSPS) is 26.9. The number of hydrogen-bond donors (Lipinski definition) is 0. The van der Waals surface area contributed by atoms with Gasteiger partial charge in [0, 0.05) is 25.3 Å². The van der Waals surface area contributed by atoms with Gasteiger partial charge in [-0.2, -0.15) is 0 Å². The number of sulfone groups is 1. The first kappa shape index (κ1) is 16.8. The Kier molecular flexibility index (Phi) is 5.32. The Hall–Kier alpha value is -0.600. The number of hydrogen-bond acceptors (Lipinski definition) is 6. The number of rotatable bonds is 5. The molecule has 1 amide bonds. The summed E-state index contributed by atoms with van der Waals surface area (Å²) in [6, 6.07) is -0.0327. The SMILES string of the molecule is CCCN1C(=O)/C(=C/N(CC)[C@@H]2CCS(=O)(=O)C2)SC1=S. The van der Waals surface area contributed by atoms with E-state index >= 15 is 0 Å². The van der Waals surface area contributed by atoms with Crippen molar-refractivity contribution in [1.82, 2.24) is 9.80 Å². The van der Waals surface area contributed by atoms with Crippen molar-refractivity contribution in [2.24, 2.45) is 0 Å². The molecule has 0 spiro atoms. The number of thioether (sulfide) groups is 1. The summed E-state index contributed by atoms with van der Waals surface area (Å²) in [6.07, 6.45) is 3.28. The first-order valence-corrected chi connectivity index (χ1v) is 10.1. The van der Waals surface area contributed by atoms with Gasteiger partial charge < -0.3 is 4.90 Å². The van der Waals surface area contributed by atoms with Gasteiger partial charge in [-0.25, -0.2) is 8.42 Å². The van der Waals surface area contributed by atoms with Gasteiger partial charge in [0.25, 0.3) is 5.91 Å². The van der Waals surface area contributed by atoms with Gasteiger partial charge in [-0.1, -0.05) is 30.9 Å². The van der Waals surface area contributed by atoms with Crippen LogP contribution in [0.1, 0.15) is 26.7 Å². The molecule has 2 saturated heterocycles. The van der Waals surface area contributed by atoms with E-state index in [2.05, 4.69) is 0 Å². The fourth-order valence-corrected chi connectivity index (χ4v) is 5.59. The molecule has 8 heteroatoms. The number of amides is 1. The highest BCUT2D eigenvalue weighted by Gasteiger charge is 2.34. The standard InChI is InChI=1S/C13H20N2O3S3/c1-3-6-15-12(16)11(20-13(15)19)8-14(4-2)10-5-7-21(17,18)9-10/h8,10H,3-7,9H2,1-2H3/b11-8-/t10-/m1/s1. The van der Waals surface area contributed by atoms with E-state index in [1.807, 2.05) is 18.7 Å². The fourth-order valence-electron chi connectivity index (χ4n) is 2.55. The van der Waals surface area contributed by atoms with E-state index < -0.39 is 9.84 Å². The van der Waals surface area contributed by atoms with Gasteiger partial charge >= 0.3 is 0 Å². The zero-order valence-corrected chi connectivity index (χ0v) is 14.7. The average molecular weight is 349 g/mol. The number of nitrogens with zero attached hydrogens (tertiary/aromatic N) is 2. The highest BCUT2D eigenvalue weighted by Crippen LogP contribution is 2.32. The van der Waals surface area contributed by atoms with Gasteiger partial charge in [-0.15, -0.1) is 0 Å². The van der Waals surface area contributed by atoms with Crippen LogP contribution in [0.25, 0.3) is 0 Å². The number of carbonyl (C=O) groups excluding carboxylic acids is 1. The summed E-state index contributed by atoms with van der Waals surface area (Å²) < 4.78 is 23.8.